The van der Waals surface area contributed by atoms with Crippen LogP contribution in [0.5, 0.6) is 0 Å². The maximum Gasteiger partial charge on any atom is 0.267 e. The number of hydrogen-bond donors (Lipinski definition) is 0. The van der Waals surface area contributed by atoms with Crippen LogP contribution < -0.4 is 5.56 Å². The van der Waals surface area contributed by atoms with Gasteiger partial charge in [0.25, 0.3) is 5.56 Å². The van der Waals surface area contributed by atoms with Crippen molar-refractivity contribution in [3.05, 3.63) is 60.5 Å². The largest absolute Gasteiger partial charge is 0.291 e. The zero-order valence-corrected chi connectivity index (χ0v) is 12.4. The normalized spacial score (nSPS) is 10.7. The number of hydrogen-bond acceptors (Lipinski definition) is 2. The highest BCUT2D eigenvalue weighted by Gasteiger charge is 2.09. The van der Waals surface area contributed by atoms with E-state index in [-0.39, 0.29) is 17.9 Å². The molecule has 6 heteroatoms. The molecule has 18 heavy (non-hydrogen) atoms. The topological polar surface area (TPSA) is 34.9 Å². The van der Waals surface area contributed by atoms with Crippen molar-refractivity contribution < 1.29 is 4.39 Å². The van der Waals surface area contributed by atoms with Crippen LogP contribution in [-0.4, -0.2) is 9.55 Å². The lowest BCUT2D eigenvalue weighted by Crippen LogP contribution is -2.26. The van der Waals surface area contributed by atoms with E-state index in [0.29, 0.717) is 20.0 Å². The highest BCUT2D eigenvalue weighted by Crippen LogP contribution is 2.18. The van der Waals surface area contributed by atoms with Gasteiger partial charge in [0.15, 0.2) is 0 Å². The summed E-state index contributed by atoms with van der Waals surface area (Å²) >= 11 is 7.91. The molecular formula is C12H9ClFIN2O. The smallest absolute Gasteiger partial charge is 0.267 e. The Hall–Kier alpha value is -0.950. The van der Waals surface area contributed by atoms with E-state index in [0.717, 1.165) is 0 Å². The van der Waals surface area contributed by atoms with Crippen LogP contribution in [-0.2, 0) is 6.54 Å². The van der Waals surface area contributed by atoms with Gasteiger partial charge in [0.1, 0.15) is 11.6 Å². The quantitative estimate of drug-likeness (QED) is 0.753. The summed E-state index contributed by atoms with van der Waals surface area (Å²) in [5.41, 5.74) is 0.411. The van der Waals surface area contributed by atoms with Crippen LogP contribution in [0.2, 0.25) is 5.02 Å². The fourth-order valence-electron chi connectivity index (χ4n) is 1.57. The van der Waals surface area contributed by atoms with Crippen molar-refractivity contribution >= 4 is 34.2 Å². The van der Waals surface area contributed by atoms with E-state index in [2.05, 4.69) is 4.98 Å². The van der Waals surface area contributed by atoms with Gasteiger partial charge in [-0.15, -0.1) is 0 Å². The molecule has 0 saturated heterocycles. The fourth-order valence-corrected chi connectivity index (χ4v) is 2.18. The lowest BCUT2D eigenvalue weighted by molar-refractivity contribution is 0.620. The summed E-state index contributed by atoms with van der Waals surface area (Å²) < 4.78 is 15.2. The molecule has 2 rings (SSSR count). The van der Waals surface area contributed by atoms with Gasteiger partial charge in [-0.1, -0.05) is 11.6 Å². The molecule has 2 aromatic rings. The summed E-state index contributed by atoms with van der Waals surface area (Å²) in [5, 5.41) is 0.432. The summed E-state index contributed by atoms with van der Waals surface area (Å²) in [6.45, 7) is 1.94. The average molecular weight is 379 g/mol. The van der Waals surface area contributed by atoms with Crippen molar-refractivity contribution in [1.29, 1.82) is 0 Å². The number of halogens is 3. The average Bonchev–Trinajstić information content (AvgIpc) is 2.34. The second kappa shape index (κ2) is 5.36. The monoisotopic (exact) mass is 378 g/mol. The molecule has 0 radical (unpaired) electrons. The van der Waals surface area contributed by atoms with Gasteiger partial charge in [-0.3, -0.25) is 9.36 Å². The third-order valence-corrected chi connectivity index (χ3v) is 3.65. The minimum Gasteiger partial charge on any atom is -0.291 e. The zero-order chi connectivity index (χ0) is 13.3. The predicted molar refractivity (Wildman–Crippen MR) is 76.5 cm³/mol. The molecule has 3 nitrogen and oxygen atoms in total. The second-order valence-electron chi connectivity index (χ2n) is 3.78. The molecule has 0 bridgehead atoms. The minimum absolute atomic E-state index is 0.150. The van der Waals surface area contributed by atoms with Crippen LogP contribution in [0.3, 0.4) is 0 Å². The summed E-state index contributed by atoms with van der Waals surface area (Å²) in [6, 6.07) is 4.09. The van der Waals surface area contributed by atoms with Crippen LogP contribution in [0.25, 0.3) is 0 Å². The molecule has 1 aromatic carbocycles. The summed E-state index contributed by atoms with van der Waals surface area (Å²) in [5.74, 6) is 0.194. The van der Waals surface area contributed by atoms with E-state index in [1.165, 1.54) is 29.0 Å². The van der Waals surface area contributed by atoms with Gasteiger partial charge < -0.3 is 0 Å². The maximum atomic E-state index is 13.2. The Morgan fingerprint density at radius 3 is 2.94 bits per heavy atom. The first-order chi connectivity index (χ1) is 8.49. The number of aromatic nitrogens is 2. The number of benzene rings is 1. The van der Waals surface area contributed by atoms with E-state index in [9.17, 15) is 9.18 Å². The molecule has 0 aliphatic carbocycles. The molecule has 0 unspecified atom stereocenters. The Kier molecular flexibility index (Phi) is 4.01. The molecule has 0 aliphatic rings. The van der Waals surface area contributed by atoms with Crippen LogP contribution >= 0.6 is 34.2 Å². The van der Waals surface area contributed by atoms with Gasteiger partial charge >= 0.3 is 0 Å². The first kappa shape index (κ1) is 13.5. The van der Waals surface area contributed by atoms with E-state index in [4.69, 9.17) is 11.6 Å². The molecule has 0 N–H and O–H groups in total. The zero-order valence-electron chi connectivity index (χ0n) is 9.45. The lowest BCUT2D eigenvalue weighted by atomic mass is 10.2. The van der Waals surface area contributed by atoms with E-state index in [1.807, 2.05) is 22.6 Å². The molecule has 1 aromatic heterocycles. The Morgan fingerprint density at radius 1 is 1.50 bits per heavy atom. The molecule has 94 valence electrons. The molecule has 0 spiro atoms. The number of nitrogens with zero attached hydrogens (tertiary/aromatic N) is 2. The first-order valence-electron chi connectivity index (χ1n) is 5.15. The van der Waals surface area contributed by atoms with Crippen LogP contribution in [0.1, 0.15) is 11.4 Å². The number of aryl methyl sites for hydroxylation is 1. The van der Waals surface area contributed by atoms with Crippen molar-refractivity contribution in [2.45, 2.75) is 13.5 Å². The Labute approximate surface area is 122 Å². The summed E-state index contributed by atoms with van der Waals surface area (Å²) in [6.07, 6.45) is 1.52. The molecule has 0 amide bonds. The van der Waals surface area contributed by atoms with Crippen molar-refractivity contribution in [3.63, 3.8) is 0 Å². The van der Waals surface area contributed by atoms with Crippen LogP contribution in [0.4, 0.5) is 4.39 Å². The van der Waals surface area contributed by atoms with Gasteiger partial charge in [0, 0.05) is 11.2 Å². The van der Waals surface area contributed by atoms with Crippen molar-refractivity contribution in [2.24, 2.45) is 0 Å². The minimum atomic E-state index is -0.376. The molecule has 1 heterocycles. The van der Waals surface area contributed by atoms with Gasteiger partial charge in [-0.25, -0.2) is 9.37 Å². The third kappa shape index (κ3) is 2.72. The van der Waals surface area contributed by atoms with E-state index in [1.54, 1.807) is 6.92 Å². The second-order valence-corrected chi connectivity index (χ2v) is 5.35. The standard InChI is InChI=1S/C12H9ClFIN2O/c1-7-16-5-11(15)12(18)17(7)6-8-4-9(14)2-3-10(8)13/h2-5H,6H2,1H3. The first-order valence-corrected chi connectivity index (χ1v) is 6.60. The maximum absolute atomic E-state index is 13.2. The van der Waals surface area contributed by atoms with Gasteiger partial charge in [-0.2, -0.15) is 0 Å². The molecular weight excluding hydrogens is 370 g/mol. The third-order valence-electron chi connectivity index (χ3n) is 2.54. The Balaban J connectivity index is 2.49. The Morgan fingerprint density at radius 2 is 2.22 bits per heavy atom. The SMILES string of the molecule is Cc1ncc(I)c(=O)n1Cc1cc(F)ccc1Cl. The van der Waals surface area contributed by atoms with Gasteiger partial charge in [0.2, 0.25) is 0 Å². The molecule has 0 saturated carbocycles. The van der Waals surface area contributed by atoms with Gasteiger partial charge in [0.05, 0.1) is 10.1 Å². The molecule has 0 aliphatic heterocycles. The van der Waals surface area contributed by atoms with Crippen molar-refractivity contribution in [2.75, 3.05) is 0 Å². The lowest BCUT2D eigenvalue weighted by Gasteiger charge is -2.10. The van der Waals surface area contributed by atoms with Crippen molar-refractivity contribution in [3.8, 4) is 0 Å². The number of rotatable bonds is 2. The van der Waals surface area contributed by atoms with E-state index >= 15 is 0 Å². The fraction of sp³-hybridized carbons (Fsp3) is 0.167. The highest BCUT2D eigenvalue weighted by atomic mass is 127. The summed E-state index contributed by atoms with van der Waals surface area (Å²) in [7, 11) is 0. The predicted octanol–water partition coefficient (Wildman–Crippen LogP) is 3.00. The van der Waals surface area contributed by atoms with Crippen LogP contribution in [0.15, 0.2) is 29.2 Å². The summed E-state index contributed by atoms with van der Waals surface area (Å²) in [4.78, 5) is 16.1. The molecule has 0 fully saturated rings. The van der Waals surface area contributed by atoms with Crippen molar-refractivity contribution in [1.82, 2.24) is 9.55 Å². The highest BCUT2D eigenvalue weighted by molar-refractivity contribution is 14.1. The van der Waals surface area contributed by atoms with E-state index < -0.39 is 0 Å². The van der Waals surface area contributed by atoms with Gasteiger partial charge in [-0.05, 0) is 53.3 Å². The molecule has 0 atom stereocenters. The van der Waals surface area contributed by atoms with Crippen LogP contribution in [0, 0.1) is 16.3 Å². The Bertz CT molecular complexity index is 657.